The molecule has 0 aliphatic carbocycles. The van der Waals surface area contributed by atoms with Gasteiger partial charge in [0.05, 0.1) is 0 Å². The first-order valence-electron chi connectivity index (χ1n) is 7.38. The molecule has 0 saturated heterocycles. The summed E-state index contributed by atoms with van der Waals surface area (Å²) in [5.74, 6) is 0. The molecule has 0 aliphatic heterocycles. The lowest BCUT2D eigenvalue weighted by molar-refractivity contribution is 0.169. The fraction of sp³-hybridized carbons (Fsp3) is 0.688. The van der Waals surface area contributed by atoms with E-state index in [0.717, 1.165) is 26.2 Å². The summed E-state index contributed by atoms with van der Waals surface area (Å²) >= 11 is 0. The molecule has 1 N–H and O–H groups in total. The van der Waals surface area contributed by atoms with E-state index < -0.39 is 0 Å². The van der Waals surface area contributed by atoms with Crippen LogP contribution in [0, 0.1) is 5.41 Å². The summed E-state index contributed by atoms with van der Waals surface area (Å²) in [5.41, 5.74) is 1.63. The molecule has 1 rings (SSSR count). The van der Waals surface area contributed by atoms with Crippen LogP contribution in [0.2, 0.25) is 0 Å². The molecule has 0 bridgehead atoms. The summed E-state index contributed by atoms with van der Waals surface area (Å²) in [5, 5.41) is 3.50. The predicted molar refractivity (Wildman–Crippen MR) is 82.1 cm³/mol. The molecule has 3 nitrogen and oxygen atoms in total. The quantitative estimate of drug-likeness (QED) is 0.742. The summed E-state index contributed by atoms with van der Waals surface area (Å²) in [7, 11) is 2.20. The van der Waals surface area contributed by atoms with Crippen LogP contribution in [-0.4, -0.2) is 36.6 Å². The van der Waals surface area contributed by atoms with Gasteiger partial charge in [-0.3, -0.25) is 4.98 Å². The highest BCUT2D eigenvalue weighted by Gasteiger charge is 2.24. The van der Waals surface area contributed by atoms with E-state index in [1.807, 2.05) is 18.5 Å². The van der Waals surface area contributed by atoms with Crippen molar-refractivity contribution in [3.8, 4) is 0 Å². The first-order chi connectivity index (χ1) is 9.09. The number of rotatable bonds is 9. The van der Waals surface area contributed by atoms with Gasteiger partial charge in [0.25, 0.3) is 0 Å². The smallest absolute Gasteiger partial charge is 0.0312 e. The van der Waals surface area contributed by atoms with Gasteiger partial charge < -0.3 is 10.2 Å². The fourth-order valence-electron chi connectivity index (χ4n) is 2.76. The summed E-state index contributed by atoms with van der Waals surface area (Å²) in [6, 6.07) is 4.15. The zero-order chi connectivity index (χ0) is 14.1. The molecule has 1 unspecified atom stereocenters. The molecule has 1 aromatic rings. The first kappa shape index (κ1) is 16.1. The van der Waals surface area contributed by atoms with Crippen molar-refractivity contribution in [2.45, 2.75) is 40.2 Å². The van der Waals surface area contributed by atoms with Crippen LogP contribution < -0.4 is 5.32 Å². The summed E-state index contributed by atoms with van der Waals surface area (Å²) in [4.78, 5) is 6.59. The Balaban J connectivity index is 2.53. The standard InChI is InChI=1S/C16H29N3/c1-5-9-16(3,13-17-6-2)14-19(4)12-15-8-7-10-18-11-15/h7-8,10-11,17H,5-6,9,12-14H2,1-4H3. The maximum absolute atomic E-state index is 4.18. The molecule has 0 spiro atoms. The van der Waals surface area contributed by atoms with E-state index in [9.17, 15) is 0 Å². The molecule has 1 atom stereocenters. The zero-order valence-corrected chi connectivity index (χ0v) is 12.9. The predicted octanol–water partition coefficient (Wildman–Crippen LogP) is 2.93. The number of hydrogen-bond donors (Lipinski definition) is 1. The Morgan fingerprint density at radius 1 is 1.37 bits per heavy atom. The van der Waals surface area contributed by atoms with Crippen LogP contribution in [0.3, 0.4) is 0 Å². The second-order valence-electron chi connectivity index (χ2n) is 5.87. The molecule has 1 aromatic heterocycles. The SMILES string of the molecule is CCCC(C)(CNCC)CN(C)Cc1cccnc1. The van der Waals surface area contributed by atoms with Crippen molar-refractivity contribution in [2.75, 3.05) is 26.7 Å². The van der Waals surface area contributed by atoms with Crippen molar-refractivity contribution in [3.05, 3.63) is 30.1 Å². The van der Waals surface area contributed by atoms with Crippen LogP contribution in [-0.2, 0) is 6.54 Å². The lowest BCUT2D eigenvalue weighted by atomic mass is 9.84. The second-order valence-corrected chi connectivity index (χ2v) is 5.87. The fourth-order valence-corrected chi connectivity index (χ4v) is 2.76. The average molecular weight is 263 g/mol. The molecule has 0 saturated carbocycles. The molecular weight excluding hydrogens is 234 g/mol. The Hall–Kier alpha value is -0.930. The Morgan fingerprint density at radius 3 is 2.74 bits per heavy atom. The number of hydrogen-bond acceptors (Lipinski definition) is 3. The summed E-state index contributed by atoms with van der Waals surface area (Å²) in [6.07, 6.45) is 6.29. The molecular formula is C16H29N3. The minimum atomic E-state index is 0.349. The normalized spacial score (nSPS) is 14.6. The van der Waals surface area contributed by atoms with Crippen molar-refractivity contribution >= 4 is 0 Å². The van der Waals surface area contributed by atoms with E-state index in [4.69, 9.17) is 0 Å². The highest BCUT2D eigenvalue weighted by molar-refractivity contribution is 5.08. The van der Waals surface area contributed by atoms with Gasteiger partial charge in [0.1, 0.15) is 0 Å². The van der Waals surface area contributed by atoms with Crippen LogP contribution >= 0.6 is 0 Å². The number of aromatic nitrogens is 1. The van der Waals surface area contributed by atoms with E-state index in [1.165, 1.54) is 18.4 Å². The van der Waals surface area contributed by atoms with E-state index in [2.05, 4.69) is 49.1 Å². The van der Waals surface area contributed by atoms with Crippen LogP contribution in [0.15, 0.2) is 24.5 Å². The molecule has 0 amide bonds. The maximum atomic E-state index is 4.18. The lowest BCUT2D eigenvalue weighted by Gasteiger charge is -2.34. The molecule has 0 fully saturated rings. The largest absolute Gasteiger partial charge is 0.316 e. The number of nitrogens with one attached hydrogen (secondary N) is 1. The van der Waals surface area contributed by atoms with Crippen LogP contribution in [0.5, 0.6) is 0 Å². The monoisotopic (exact) mass is 263 g/mol. The summed E-state index contributed by atoms with van der Waals surface area (Å²) in [6.45, 7) is 11.1. The molecule has 0 aromatic carbocycles. The minimum Gasteiger partial charge on any atom is -0.316 e. The second kappa shape index (κ2) is 8.28. The van der Waals surface area contributed by atoms with Crippen molar-refractivity contribution < 1.29 is 0 Å². The third kappa shape index (κ3) is 6.17. The first-order valence-corrected chi connectivity index (χ1v) is 7.38. The molecule has 19 heavy (non-hydrogen) atoms. The zero-order valence-electron chi connectivity index (χ0n) is 12.9. The summed E-state index contributed by atoms with van der Waals surface area (Å²) < 4.78 is 0. The Labute approximate surface area is 118 Å². The van der Waals surface area contributed by atoms with Crippen molar-refractivity contribution in [1.29, 1.82) is 0 Å². The van der Waals surface area contributed by atoms with Gasteiger partial charge in [-0.15, -0.1) is 0 Å². The van der Waals surface area contributed by atoms with Crippen molar-refractivity contribution in [1.82, 2.24) is 15.2 Å². The van der Waals surface area contributed by atoms with Gasteiger partial charge in [0.15, 0.2) is 0 Å². The molecule has 0 aliphatic rings. The van der Waals surface area contributed by atoms with E-state index in [-0.39, 0.29) is 0 Å². The Kier molecular flexibility index (Phi) is 7.03. The lowest BCUT2D eigenvalue weighted by Crippen LogP contribution is -2.40. The Morgan fingerprint density at radius 2 is 2.16 bits per heavy atom. The Bertz CT molecular complexity index is 339. The minimum absolute atomic E-state index is 0.349. The van der Waals surface area contributed by atoms with E-state index >= 15 is 0 Å². The number of pyridine rings is 1. The highest BCUT2D eigenvalue weighted by Crippen LogP contribution is 2.24. The van der Waals surface area contributed by atoms with Gasteiger partial charge >= 0.3 is 0 Å². The van der Waals surface area contributed by atoms with Gasteiger partial charge in [-0.05, 0) is 37.1 Å². The molecule has 1 heterocycles. The maximum Gasteiger partial charge on any atom is 0.0312 e. The number of nitrogens with zero attached hydrogens (tertiary/aromatic N) is 2. The molecule has 108 valence electrons. The van der Waals surface area contributed by atoms with Gasteiger partial charge in [0.2, 0.25) is 0 Å². The van der Waals surface area contributed by atoms with E-state index in [1.54, 1.807) is 0 Å². The average Bonchev–Trinajstić information content (AvgIpc) is 2.37. The van der Waals surface area contributed by atoms with Gasteiger partial charge in [-0.2, -0.15) is 0 Å². The van der Waals surface area contributed by atoms with Crippen molar-refractivity contribution in [3.63, 3.8) is 0 Å². The molecule has 0 radical (unpaired) electrons. The van der Waals surface area contributed by atoms with Gasteiger partial charge in [-0.1, -0.05) is 33.3 Å². The van der Waals surface area contributed by atoms with Gasteiger partial charge in [-0.25, -0.2) is 0 Å². The highest BCUT2D eigenvalue weighted by atomic mass is 15.1. The van der Waals surface area contributed by atoms with Crippen molar-refractivity contribution in [2.24, 2.45) is 5.41 Å². The third-order valence-corrected chi connectivity index (χ3v) is 3.48. The topological polar surface area (TPSA) is 28.2 Å². The molecule has 3 heteroatoms. The third-order valence-electron chi connectivity index (χ3n) is 3.48. The van der Waals surface area contributed by atoms with Gasteiger partial charge in [0, 0.05) is 32.0 Å². The van der Waals surface area contributed by atoms with Crippen LogP contribution in [0.1, 0.15) is 39.2 Å². The van der Waals surface area contributed by atoms with E-state index in [0.29, 0.717) is 5.41 Å². The van der Waals surface area contributed by atoms with Crippen LogP contribution in [0.4, 0.5) is 0 Å². The van der Waals surface area contributed by atoms with Crippen LogP contribution in [0.25, 0.3) is 0 Å².